The van der Waals surface area contributed by atoms with Crippen LogP contribution in [-0.2, 0) is 16.6 Å². The van der Waals surface area contributed by atoms with Crippen molar-refractivity contribution in [1.29, 1.82) is 0 Å². The number of thiophene rings is 1. The lowest BCUT2D eigenvalue weighted by molar-refractivity contribution is 0.350. The lowest BCUT2D eigenvalue weighted by atomic mass is 9.91. The minimum atomic E-state index is -3.40. The van der Waals surface area contributed by atoms with Crippen LogP contribution in [0.5, 0.6) is 0 Å². The maximum Gasteiger partial charge on any atom is 0.241 e. The van der Waals surface area contributed by atoms with Gasteiger partial charge in [0.25, 0.3) is 0 Å². The molecule has 2 N–H and O–H groups in total. The molecule has 0 aliphatic heterocycles. The average molecular weight is 304 g/mol. The largest absolute Gasteiger partial charge is 0.315 e. The van der Waals surface area contributed by atoms with Gasteiger partial charge >= 0.3 is 0 Å². The summed E-state index contributed by atoms with van der Waals surface area (Å²) in [6.45, 7) is 9.19. The minimum absolute atomic E-state index is 0.0230. The summed E-state index contributed by atoms with van der Waals surface area (Å²) in [7, 11) is -1.55. The number of rotatable bonds is 7. The summed E-state index contributed by atoms with van der Waals surface area (Å²) < 4.78 is 27.3. The first-order chi connectivity index (χ1) is 8.72. The summed E-state index contributed by atoms with van der Waals surface area (Å²) in [5.74, 6) is 0. The SMILES string of the molecule is CCC(C)(C)CNS(=O)(=O)c1cc(CNC)sc1C. The molecule has 110 valence electrons. The zero-order valence-electron chi connectivity index (χ0n) is 12.3. The summed E-state index contributed by atoms with van der Waals surface area (Å²) >= 11 is 1.52. The van der Waals surface area contributed by atoms with Crippen LogP contribution < -0.4 is 10.0 Å². The molecule has 0 bridgehead atoms. The number of aryl methyl sites for hydroxylation is 1. The Kier molecular flexibility index (Phi) is 5.55. The van der Waals surface area contributed by atoms with Crippen LogP contribution in [0.15, 0.2) is 11.0 Å². The van der Waals surface area contributed by atoms with Gasteiger partial charge in [-0.15, -0.1) is 11.3 Å². The van der Waals surface area contributed by atoms with Crippen molar-refractivity contribution >= 4 is 21.4 Å². The van der Waals surface area contributed by atoms with Gasteiger partial charge in [-0.2, -0.15) is 0 Å². The van der Waals surface area contributed by atoms with Crippen molar-refractivity contribution in [2.75, 3.05) is 13.6 Å². The van der Waals surface area contributed by atoms with E-state index in [4.69, 9.17) is 0 Å². The second-order valence-electron chi connectivity index (χ2n) is 5.51. The van der Waals surface area contributed by atoms with Crippen molar-refractivity contribution in [3.8, 4) is 0 Å². The first-order valence-electron chi connectivity index (χ1n) is 6.45. The van der Waals surface area contributed by atoms with Crippen LogP contribution in [0.4, 0.5) is 0 Å². The van der Waals surface area contributed by atoms with E-state index < -0.39 is 10.0 Å². The van der Waals surface area contributed by atoms with E-state index >= 15 is 0 Å². The summed E-state index contributed by atoms with van der Waals surface area (Å²) in [5.41, 5.74) is -0.0230. The molecule has 4 nitrogen and oxygen atoms in total. The van der Waals surface area contributed by atoms with E-state index in [1.165, 1.54) is 11.3 Å². The summed E-state index contributed by atoms with van der Waals surface area (Å²) in [4.78, 5) is 2.29. The number of nitrogens with one attached hydrogen (secondary N) is 2. The summed E-state index contributed by atoms with van der Waals surface area (Å²) in [6, 6.07) is 1.76. The molecule has 0 spiro atoms. The second-order valence-corrected chi connectivity index (χ2v) is 8.58. The molecule has 6 heteroatoms. The molecule has 1 aromatic heterocycles. The summed E-state index contributed by atoms with van der Waals surface area (Å²) in [5, 5.41) is 3.04. The standard InChI is InChI=1S/C13H24N2O2S2/c1-6-13(3,4)9-15-19(16,17)12-7-11(8-14-5)18-10(12)2/h7,14-15H,6,8-9H2,1-5H3. The maximum atomic E-state index is 12.3. The van der Waals surface area contributed by atoms with Gasteiger partial charge in [-0.1, -0.05) is 20.8 Å². The van der Waals surface area contributed by atoms with Crippen LogP contribution >= 0.6 is 11.3 Å². The Hall–Kier alpha value is -0.430. The van der Waals surface area contributed by atoms with Crippen LogP contribution in [0.2, 0.25) is 0 Å². The van der Waals surface area contributed by atoms with Gasteiger partial charge in [-0.05, 0) is 31.9 Å². The van der Waals surface area contributed by atoms with Crippen molar-refractivity contribution in [1.82, 2.24) is 10.0 Å². The van der Waals surface area contributed by atoms with Gasteiger partial charge < -0.3 is 5.32 Å². The Labute approximate surface area is 120 Å². The van der Waals surface area contributed by atoms with Crippen molar-refractivity contribution in [3.63, 3.8) is 0 Å². The molecule has 0 atom stereocenters. The number of sulfonamides is 1. The van der Waals surface area contributed by atoms with E-state index in [0.717, 1.165) is 16.2 Å². The van der Waals surface area contributed by atoms with Crippen LogP contribution in [0.25, 0.3) is 0 Å². The van der Waals surface area contributed by atoms with Crippen LogP contribution in [-0.4, -0.2) is 22.0 Å². The average Bonchev–Trinajstić information content (AvgIpc) is 2.70. The predicted molar refractivity (Wildman–Crippen MR) is 81.1 cm³/mol. The molecule has 0 saturated carbocycles. The Morgan fingerprint density at radius 2 is 2.00 bits per heavy atom. The Morgan fingerprint density at radius 3 is 2.53 bits per heavy atom. The van der Waals surface area contributed by atoms with Crippen molar-refractivity contribution in [2.45, 2.75) is 45.6 Å². The van der Waals surface area contributed by atoms with Crippen LogP contribution in [0, 0.1) is 12.3 Å². The molecule has 1 rings (SSSR count). The fraction of sp³-hybridized carbons (Fsp3) is 0.692. The monoisotopic (exact) mass is 304 g/mol. The van der Waals surface area contributed by atoms with E-state index in [9.17, 15) is 8.42 Å². The molecule has 0 fully saturated rings. The lowest BCUT2D eigenvalue weighted by Crippen LogP contribution is -2.33. The highest BCUT2D eigenvalue weighted by atomic mass is 32.2. The fourth-order valence-electron chi connectivity index (χ4n) is 1.55. The van der Waals surface area contributed by atoms with Crippen LogP contribution in [0.1, 0.15) is 36.9 Å². The zero-order chi connectivity index (χ0) is 14.7. The van der Waals surface area contributed by atoms with Gasteiger partial charge in [0, 0.05) is 22.8 Å². The number of hydrogen-bond acceptors (Lipinski definition) is 4. The number of hydrogen-bond donors (Lipinski definition) is 2. The smallest absolute Gasteiger partial charge is 0.241 e. The maximum absolute atomic E-state index is 12.3. The quantitative estimate of drug-likeness (QED) is 0.813. The van der Waals surface area contributed by atoms with Gasteiger partial charge in [0.2, 0.25) is 10.0 Å². The van der Waals surface area contributed by atoms with Crippen molar-refractivity contribution in [2.24, 2.45) is 5.41 Å². The molecule has 0 radical (unpaired) electrons. The topological polar surface area (TPSA) is 58.2 Å². The van der Waals surface area contributed by atoms with E-state index in [1.807, 2.05) is 14.0 Å². The molecule has 0 saturated heterocycles. The summed E-state index contributed by atoms with van der Waals surface area (Å²) in [6.07, 6.45) is 0.934. The zero-order valence-corrected chi connectivity index (χ0v) is 14.0. The fourth-order valence-corrected chi connectivity index (χ4v) is 4.43. The van der Waals surface area contributed by atoms with E-state index in [2.05, 4.69) is 30.8 Å². The van der Waals surface area contributed by atoms with Gasteiger partial charge in [0.05, 0.1) is 4.90 Å². The van der Waals surface area contributed by atoms with Crippen molar-refractivity contribution in [3.05, 3.63) is 15.8 Å². The highest BCUT2D eigenvalue weighted by Crippen LogP contribution is 2.26. The van der Waals surface area contributed by atoms with Gasteiger partial charge in [-0.25, -0.2) is 13.1 Å². The third-order valence-electron chi connectivity index (χ3n) is 3.26. The van der Waals surface area contributed by atoms with Crippen molar-refractivity contribution < 1.29 is 8.42 Å². The van der Waals surface area contributed by atoms with E-state index in [1.54, 1.807) is 6.07 Å². The Balaban J connectivity index is 2.88. The molecule has 1 heterocycles. The van der Waals surface area contributed by atoms with E-state index in [0.29, 0.717) is 18.0 Å². The third-order valence-corrected chi connectivity index (χ3v) is 5.97. The highest BCUT2D eigenvalue weighted by molar-refractivity contribution is 7.89. The van der Waals surface area contributed by atoms with Gasteiger partial charge in [0.15, 0.2) is 0 Å². The first-order valence-corrected chi connectivity index (χ1v) is 8.75. The molecule has 0 aliphatic rings. The minimum Gasteiger partial charge on any atom is -0.315 e. The normalized spacial score (nSPS) is 12.9. The molecule has 0 aromatic carbocycles. The molecular weight excluding hydrogens is 280 g/mol. The van der Waals surface area contributed by atoms with E-state index in [-0.39, 0.29) is 5.41 Å². The predicted octanol–water partition coefficient (Wildman–Crippen LogP) is 2.49. The molecular formula is C13H24N2O2S2. The molecule has 19 heavy (non-hydrogen) atoms. The lowest BCUT2D eigenvalue weighted by Gasteiger charge is -2.22. The van der Waals surface area contributed by atoms with Gasteiger partial charge in [0.1, 0.15) is 0 Å². The first kappa shape index (κ1) is 16.6. The Bertz CT molecular complexity index is 519. The second kappa shape index (κ2) is 6.35. The molecule has 0 amide bonds. The Morgan fingerprint density at radius 1 is 1.37 bits per heavy atom. The van der Waals surface area contributed by atoms with Gasteiger partial charge in [-0.3, -0.25) is 0 Å². The third kappa shape index (κ3) is 4.56. The highest BCUT2D eigenvalue weighted by Gasteiger charge is 2.23. The molecule has 1 aromatic rings. The van der Waals surface area contributed by atoms with Crippen LogP contribution in [0.3, 0.4) is 0 Å². The molecule has 0 aliphatic carbocycles. The molecule has 0 unspecified atom stereocenters.